The van der Waals surface area contributed by atoms with Crippen molar-refractivity contribution in [2.45, 2.75) is 18.9 Å². The van der Waals surface area contributed by atoms with Gasteiger partial charge in [-0.2, -0.15) is 0 Å². The molecular formula is C7H16N2O2S. The molecule has 1 aliphatic rings. The van der Waals surface area contributed by atoms with E-state index in [0.717, 1.165) is 19.4 Å². The zero-order valence-electron chi connectivity index (χ0n) is 7.12. The van der Waals surface area contributed by atoms with Crippen molar-refractivity contribution >= 4 is 9.84 Å². The fraction of sp³-hybridized carbons (Fsp3) is 1.00. The van der Waals surface area contributed by atoms with Crippen LogP contribution in [-0.4, -0.2) is 39.1 Å². The van der Waals surface area contributed by atoms with Crippen LogP contribution in [0.2, 0.25) is 0 Å². The maximum atomic E-state index is 10.7. The first-order valence-corrected chi connectivity index (χ1v) is 6.10. The van der Waals surface area contributed by atoms with E-state index >= 15 is 0 Å². The molecule has 0 amide bonds. The van der Waals surface area contributed by atoms with E-state index in [1.165, 1.54) is 0 Å². The predicted molar refractivity (Wildman–Crippen MR) is 48.7 cm³/mol. The van der Waals surface area contributed by atoms with Crippen molar-refractivity contribution in [3.8, 4) is 0 Å². The van der Waals surface area contributed by atoms with Gasteiger partial charge < -0.3 is 11.1 Å². The lowest BCUT2D eigenvalue weighted by Crippen LogP contribution is -2.51. The van der Waals surface area contributed by atoms with E-state index in [1.807, 2.05) is 0 Å². The van der Waals surface area contributed by atoms with Crippen molar-refractivity contribution in [2.24, 2.45) is 5.73 Å². The molecule has 0 aromatic carbocycles. The van der Waals surface area contributed by atoms with Gasteiger partial charge in [-0.05, 0) is 25.9 Å². The average Bonchev–Trinajstić information content (AvgIpc) is 1.94. The molecule has 0 aromatic rings. The summed E-state index contributed by atoms with van der Waals surface area (Å²) in [6.45, 7) is 1.60. The molecule has 5 heteroatoms. The predicted octanol–water partition coefficient (Wildman–Crippen LogP) is -0.888. The van der Waals surface area contributed by atoms with Crippen molar-refractivity contribution in [1.82, 2.24) is 5.32 Å². The normalized spacial score (nSPS) is 22.1. The van der Waals surface area contributed by atoms with Crippen molar-refractivity contribution < 1.29 is 8.42 Å². The molecule has 1 rings (SSSR count). The zero-order chi connectivity index (χ0) is 9.03. The van der Waals surface area contributed by atoms with Crippen molar-refractivity contribution in [3.05, 3.63) is 0 Å². The molecule has 0 saturated carbocycles. The van der Waals surface area contributed by atoms with Crippen molar-refractivity contribution in [1.29, 1.82) is 0 Å². The molecule has 0 unspecified atom stereocenters. The first-order chi connectivity index (χ1) is 5.64. The van der Waals surface area contributed by atoms with Crippen LogP contribution < -0.4 is 11.1 Å². The molecule has 72 valence electrons. The molecule has 0 aliphatic carbocycles. The second-order valence-electron chi connectivity index (χ2n) is 3.22. The number of rotatable bonds is 5. The lowest BCUT2D eigenvalue weighted by molar-refractivity contribution is 0.503. The van der Waals surface area contributed by atoms with Crippen LogP contribution in [0.4, 0.5) is 0 Å². The molecule has 1 saturated heterocycles. The molecule has 1 fully saturated rings. The third kappa shape index (κ3) is 3.08. The summed E-state index contributed by atoms with van der Waals surface area (Å²) in [4.78, 5) is 0. The molecule has 1 aliphatic heterocycles. The molecule has 12 heavy (non-hydrogen) atoms. The summed E-state index contributed by atoms with van der Waals surface area (Å²) in [6.07, 6.45) is 2.04. The summed E-state index contributed by atoms with van der Waals surface area (Å²) in [6, 6.07) is 0.202. The highest BCUT2D eigenvalue weighted by atomic mass is 32.2. The van der Waals surface area contributed by atoms with E-state index < -0.39 is 9.84 Å². The van der Waals surface area contributed by atoms with Crippen LogP contribution in [0.1, 0.15) is 12.8 Å². The standard InChI is InChI=1S/C7H16N2O2S/c8-3-1-2-4-9-7-5-12(10,11)6-7/h7,9H,1-6,8H2. The zero-order valence-corrected chi connectivity index (χ0v) is 7.94. The summed E-state index contributed by atoms with van der Waals surface area (Å²) in [5, 5.41) is 3.17. The van der Waals surface area contributed by atoms with Crippen LogP contribution in [0.25, 0.3) is 0 Å². The Kier molecular flexibility index (Phi) is 3.49. The van der Waals surface area contributed by atoms with Gasteiger partial charge in [-0.3, -0.25) is 0 Å². The number of sulfone groups is 1. The second-order valence-corrected chi connectivity index (χ2v) is 5.38. The molecule has 0 radical (unpaired) electrons. The minimum atomic E-state index is -2.66. The number of nitrogens with two attached hydrogens (primary N) is 1. The summed E-state index contributed by atoms with van der Waals surface area (Å²) in [7, 11) is -2.66. The molecule has 0 bridgehead atoms. The molecular weight excluding hydrogens is 176 g/mol. The van der Waals surface area contributed by atoms with Gasteiger partial charge in [0.25, 0.3) is 0 Å². The number of unbranched alkanes of at least 4 members (excludes halogenated alkanes) is 1. The SMILES string of the molecule is NCCCCNC1CS(=O)(=O)C1. The Labute approximate surface area is 73.4 Å². The molecule has 1 heterocycles. The quantitative estimate of drug-likeness (QED) is 0.554. The first kappa shape index (κ1) is 9.95. The Morgan fingerprint density at radius 1 is 1.33 bits per heavy atom. The number of hydrogen-bond donors (Lipinski definition) is 2. The third-order valence-electron chi connectivity index (χ3n) is 1.97. The summed E-state index contributed by atoms with van der Waals surface area (Å²) < 4.78 is 21.5. The van der Waals surface area contributed by atoms with Crippen LogP contribution in [-0.2, 0) is 9.84 Å². The maximum absolute atomic E-state index is 10.7. The average molecular weight is 192 g/mol. The van der Waals surface area contributed by atoms with Crippen LogP contribution in [0.3, 0.4) is 0 Å². The van der Waals surface area contributed by atoms with Crippen molar-refractivity contribution in [3.63, 3.8) is 0 Å². The van der Waals surface area contributed by atoms with E-state index in [-0.39, 0.29) is 6.04 Å². The minimum absolute atomic E-state index is 0.202. The van der Waals surface area contributed by atoms with E-state index in [2.05, 4.69) is 5.32 Å². The highest BCUT2D eigenvalue weighted by Crippen LogP contribution is 2.09. The lowest BCUT2D eigenvalue weighted by atomic mass is 10.3. The van der Waals surface area contributed by atoms with Gasteiger partial charge in [0.15, 0.2) is 9.84 Å². The fourth-order valence-corrected chi connectivity index (χ4v) is 2.62. The second kappa shape index (κ2) is 4.20. The topological polar surface area (TPSA) is 72.2 Å². The number of hydrogen-bond acceptors (Lipinski definition) is 4. The lowest BCUT2D eigenvalue weighted by Gasteiger charge is -2.26. The van der Waals surface area contributed by atoms with E-state index in [0.29, 0.717) is 18.1 Å². The van der Waals surface area contributed by atoms with Gasteiger partial charge in [0.2, 0.25) is 0 Å². The monoisotopic (exact) mass is 192 g/mol. The Balaban J connectivity index is 1.97. The molecule has 0 aromatic heterocycles. The van der Waals surface area contributed by atoms with E-state index in [1.54, 1.807) is 0 Å². The molecule has 4 nitrogen and oxygen atoms in total. The van der Waals surface area contributed by atoms with Gasteiger partial charge in [-0.25, -0.2) is 8.42 Å². The Morgan fingerprint density at radius 2 is 2.00 bits per heavy atom. The van der Waals surface area contributed by atoms with Crippen LogP contribution in [0.5, 0.6) is 0 Å². The van der Waals surface area contributed by atoms with Crippen molar-refractivity contribution in [2.75, 3.05) is 24.6 Å². The largest absolute Gasteiger partial charge is 0.330 e. The van der Waals surface area contributed by atoms with E-state index in [9.17, 15) is 8.42 Å². The summed E-state index contributed by atoms with van der Waals surface area (Å²) in [5.74, 6) is 0.630. The van der Waals surface area contributed by atoms with Crippen LogP contribution in [0.15, 0.2) is 0 Å². The van der Waals surface area contributed by atoms with Crippen LogP contribution in [0, 0.1) is 0 Å². The van der Waals surface area contributed by atoms with Gasteiger partial charge in [0.05, 0.1) is 11.5 Å². The highest BCUT2D eigenvalue weighted by Gasteiger charge is 2.32. The third-order valence-corrected chi connectivity index (χ3v) is 3.79. The van der Waals surface area contributed by atoms with Gasteiger partial charge in [-0.15, -0.1) is 0 Å². The van der Waals surface area contributed by atoms with Gasteiger partial charge in [-0.1, -0.05) is 0 Å². The van der Waals surface area contributed by atoms with Gasteiger partial charge in [0, 0.05) is 6.04 Å². The van der Waals surface area contributed by atoms with Gasteiger partial charge in [0.1, 0.15) is 0 Å². The highest BCUT2D eigenvalue weighted by molar-refractivity contribution is 7.92. The first-order valence-electron chi connectivity index (χ1n) is 4.28. The van der Waals surface area contributed by atoms with E-state index in [4.69, 9.17) is 5.73 Å². The summed E-state index contributed by atoms with van der Waals surface area (Å²) in [5.41, 5.74) is 5.31. The summed E-state index contributed by atoms with van der Waals surface area (Å²) >= 11 is 0. The number of nitrogens with one attached hydrogen (secondary N) is 1. The fourth-order valence-electron chi connectivity index (χ4n) is 1.26. The Hall–Kier alpha value is -0.130. The Bertz CT molecular complexity index is 214. The molecule has 0 spiro atoms. The maximum Gasteiger partial charge on any atom is 0.153 e. The molecule has 3 N–H and O–H groups in total. The van der Waals surface area contributed by atoms with Crippen LogP contribution >= 0.6 is 0 Å². The smallest absolute Gasteiger partial charge is 0.153 e. The van der Waals surface area contributed by atoms with Gasteiger partial charge >= 0.3 is 0 Å². The Morgan fingerprint density at radius 3 is 2.50 bits per heavy atom. The minimum Gasteiger partial charge on any atom is -0.330 e. The molecule has 0 atom stereocenters.